The van der Waals surface area contributed by atoms with Crippen LogP contribution in [-0.2, 0) is 0 Å². The van der Waals surface area contributed by atoms with Gasteiger partial charge in [0.1, 0.15) is 0 Å². The summed E-state index contributed by atoms with van der Waals surface area (Å²) in [6.07, 6.45) is 5.51. The highest BCUT2D eigenvalue weighted by Crippen LogP contribution is 2.45. The third-order valence-corrected chi connectivity index (χ3v) is 4.24. The van der Waals surface area contributed by atoms with Gasteiger partial charge in [0.25, 0.3) is 0 Å². The van der Waals surface area contributed by atoms with E-state index in [0.717, 1.165) is 23.2 Å². The van der Waals surface area contributed by atoms with Gasteiger partial charge in [-0.3, -0.25) is 0 Å². The predicted molar refractivity (Wildman–Crippen MR) is 72.5 cm³/mol. The second-order valence-corrected chi connectivity index (χ2v) is 5.49. The summed E-state index contributed by atoms with van der Waals surface area (Å²) in [5.74, 6) is 1.81. The lowest BCUT2D eigenvalue weighted by atomic mass is 9.95. The first-order valence-corrected chi connectivity index (χ1v) is 6.64. The zero-order valence-electron chi connectivity index (χ0n) is 10.4. The first kappa shape index (κ1) is 11.4. The second kappa shape index (κ2) is 4.52. The molecule has 2 fully saturated rings. The monoisotopic (exact) mass is 245 g/mol. The minimum absolute atomic E-state index is 0.524. The van der Waals surface area contributed by atoms with Gasteiger partial charge in [-0.05, 0) is 55.4 Å². The number of amides is 2. The van der Waals surface area contributed by atoms with Crippen molar-refractivity contribution in [1.29, 1.82) is 0 Å². The molecule has 4 N–H and O–H groups in total. The molecule has 0 radical (unpaired) electrons. The topological polar surface area (TPSA) is 67.2 Å². The van der Waals surface area contributed by atoms with Crippen molar-refractivity contribution in [2.45, 2.75) is 31.7 Å². The number of rotatable bonds is 3. The van der Waals surface area contributed by atoms with Crippen molar-refractivity contribution >= 4 is 17.4 Å². The molecule has 3 unspecified atom stereocenters. The van der Waals surface area contributed by atoms with Crippen molar-refractivity contribution < 1.29 is 4.79 Å². The Labute approximate surface area is 107 Å². The van der Waals surface area contributed by atoms with Gasteiger partial charge in [0, 0.05) is 17.4 Å². The zero-order valence-corrected chi connectivity index (χ0v) is 10.4. The molecule has 18 heavy (non-hydrogen) atoms. The van der Waals surface area contributed by atoms with Gasteiger partial charge in [-0.2, -0.15) is 0 Å². The lowest BCUT2D eigenvalue weighted by Gasteiger charge is -2.24. The van der Waals surface area contributed by atoms with Crippen molar-refractivity contribution in [3.05, 3.63) is 24.3 Å². The van der Waals surface area contributed by atoms with E-state index >= 15 is 0 Å². The summed E-state index contributed by atoms with van der Waals surface area (Å²) in [5, 5.41) is 6.17. The molecule has 2 aliphatic rings. The highest BCUT2D eigenvalue weighted by Gasteiger charge is 2.39. The quantitative estimate of drug-likeness (QED) is 0.766. The maximum atomic E-state index is 10.7. The van der Waals surface area contributed by atoms with Crippen LogP contribution in [0.3, 0.4) is 0 Å². The number of anilines is 2. The molecule has 1 aromatic rings. The Bertz CT molecular complexity index is 443. The summed E-state index contributed by atoms with van der Waals surface area (Å²) in [7, 11) is 0. The van der Waals surface area contributed by atoms with Crippen LogP contribution in [0.1, 0.15) is 25.7 Å². The Hall–Kier alpha value is -1.71. The van der Waals surface area contributed by atoms with E-state index in [2.05, 4.69) is 10.6 Å². The van der Waals surface area contributed by atoms with Crippen LogP contribution < -0.4 is 16.4 Å². The standard InChI is InChI=1S/C14H19N3O/c15-14(18)17-12-5-3-11(4-6-12)16-13-8-9-1-2-10(13)7-9/h3-6,9-10,13,16H,1-2,7-8H2,(H3,15,17,18). The van der Waals surface area contributed by atoms with Gasteiger partial charge in [0.05, 0.1) is 0 Å². The zero-order chi connectivity index (χ0) is 12.5. The fourth-order valence-corrected chi connectivity index (χ4v) is 3.43. The first-order chi connectivity index (χ1) is 8.70. The SMILES string of the molecule is NC(=O)Nc1ccc(NC2CC3CCC2C3)cc1. The number of nitrogens with one attached hydrogen (secondary N) is 2. The van der Waals surface area contributed by atoms with Gasteiger partial charge in [-0.15, -0.1) is 0 Å². The number of primary amides is 1. The number of nitrogens with two attached hydrogens (primary N) is 1. The van der Waals surface area contributed by atoms with E-state index in [1.165, 1.54) is 25.7 Å². The Kier molecular flexibility index (Phi) is 2.86. The lowest BCUT2D eigenvalue weighted by molar-refractivity contribution is 0.259. The largest absolute Gasteiger partial charge is 0.382 e. The molecule has 2 amide bonds. The number of fused-ring (bicyclic) bond motifs is 2. The average molecular weight is 245 g/mol. The smallest absolute Gasteiger partial charge is 0.316 e. The summed E-state index contributed by atoms with van der Waals surface area (Å²) >= 11 is 0. The maximum absolute atomic E-state index is 10.7. The summed E-state index contributed by atoms with van der Waals surface area (Å²) in [6, 6.07) is 7.86. The van der Waals surface area contributed by atoms with Gasteiger partial charge in [0.15, 0.2) is 0 Å². The third kappa shape index (κ3) is 2.28. The molecule has 3 rings (SSSR count). The summed E-state index contributed by atoms with van der Waals surface area (Å²) in [6.45, 7) is 0. The molecule has 0 aliphatic heterocycles. The van der Waals surface area contributed by atoms with Crippen LogP contribution in [-0.4, -0.2) is 12.1 Å². The van der Waals surface area contributed by atoms with E-state index < -0.39 is 6.03 Å². The molecule has 0 spiro atoms. The van der Waals surface area contributed by atoms with E-state index in [0.29, 0.717) is 6.04 Å². The molecule has 0 heterocycles. The van der Waals surface area contributed by atoms with Crippen molar-refractivity contribution in [2.75, 3.05) is 10.6 Å². The molecular formula is C14H19N3O. The van der Waals surface area contributed by atoms with Crippen LogP contribution >= 0.6 is 0 Å². The fraction of sp³-hybridized carbons (Fsp3) is 0.500. The minimum atomic E-state index is -0.524. The molecule has 4 nitrogen and oxygen atoms in total. The van der Waals surface area contributed by atoms with Crippen LogP contribution in [0.5, 0.6) is 0 Å². The van der Waals surface area contributed by atoms with Gasteiger partial charge >= 0.3 is 6.03 Å². The third-order valence-electron chi connectivity index (χ3n) is 4.24. The van der Waals surface area contributed by atoms with Gasteiger partial charge in [0.2, 0.25) is 0 Å². The summed E-state index contributed by atoms with van der Waals surface area (Å²) in [4.78, 5) is 10.7. The summed E-state index contributed by atoms with van der Waals surface area (Å²) in [5.41, 5.74) is 6.93. The Morgan fingerprint density at radius 2 is 1.83 bits per heavy atom. The number of benzene rings is 1. The Morgan fingerprint density at radius 3 is 2.39 bits per heavy atom. The molecule has 3 atom stereocenters. The number of carbonyl (C=O) groups is 1. The maximum Gasteiger partial charge on any atom is 0.316 e. The molecule has 2 bridgehead atoms. The summed E-state index contributed by atoms with van der Waals surface area (Å²) < 4.78 is 0. The van der Waals surface area contributed by atoms with Gasteiger partial charge in [-0.25, -0.2) is 4.79 Å². The molecule has 96 valence electrons. The van der Waals surface area contributed by atoms with Gasteiger partial charge < -0.3 is 16.4 Å². The highest BCUT2D eigenvalue weighted by atomic mass is 16.2. The van der Waals surface area contributed by atoms with Crippen molar-refractivity contribution in [3.63, 3.8) is 0 Å². The molecule has 4 heteroatoms. The molecule has 2 aliphatic carbocycles. The minimum Gasteiger partial charge on any atom is -0.382 e. The number of carbonyl (C=O) groups excluding carboxylic acids is 1. The van der Waals surface area contributed by atoms with Crippen LogP contribution in [0.15, 0.2) is 24.3 Å². The van der Waals surface area contributed by atoms with Crippen molar-refractivity contribution in [3.8, 4) is 0 Å². The predicted octanol–water partition coefficient (Wildman–Crippen LogP) is 2.78. The Morgan fingerprint density at radius 1 is 1.11 bits per heavy atom. The van der Waals surface area contributed by atoms with Crippen LogP contribution in [0.4, 0.5) is 16.2 Å². The normalized spacial score (nSPS) is 29.2. The second-order valence-electron chi connectivity index (χ2n) is 5.49. The molecule has 0 saturated heterocycles. The van der Waals surface area contributed by atoms with Crippen LogP contribution in [0.2, 0.25) is 0 Å². The molecule has 0 aromatic heterocycles. The highest BCUT2D eigenvalue weighted by molar-refractivity contribution is 5.87. The van der Waals surface area contributed by atoms with E-state index in [9.17, 15) is 4.79 Å². The first-order valence-electron chi connectivity index (χ1n) is 6.64. The van der Waals surface area contributed by atoms with E-state index in [-0.39, 0.29) is 0 Å². The Balaban J connectivity index is 1.61. The number of urea groups is 1. The van der Waals surface area contributed by atoms with Crippen LogP contribution in [0, 0.1) is 11.8 Å². The van der Waals surface area contributed by atoms with Crippen molar-refractivity contribution in [2.24, 2.45) is 17.6 Å². The number of hydrogen-bond donors (Lipinski definition) is 3. The van der Waals surface area contributed by atoms with Crippen LogP contribution in [0.25, 0.3) is 0 Å². The number of hydrogen-bond acceptors (Lipinski definition) is 2. The van der Waals surface area contributed by atoms with E-state index in [4.69, 9.17) is 5.73 Å². The van der Waals surface area contributed by atoms with Gasteiger partial charge in [-0.1, -0.05) is 6.42 Å². The van der Waals surface area contributed by atoms with Crippen molar-refractivity contribution in [1.82, 2.24) is 0 Å². The lowest BCUT2D eigenvalue weighted by Crippen LogP contribution is -2.25. The molecule has 2 saturated carbocycles. The molecular weight excluding hydrogens is 226 g/mol. The molecule has 1 aromatic carbocycles. The average Bonchev–Trinajstić information content (AvgIpc) is 2.93. The fourth-order valence-electron chi connectivity index (χ4n) is 3.43. The van der Waals surface area contributed by atoms with E-state index in [1.807, 2.05) is 24.3 Å². The van der Waals surface area contributed by atoms with E-state index in [1.54, 1.807) is 0 Å².